The number of rotatable bonds is 4. The van der Waals surface area contributed by atoms with Gasteiger partial charge in [-0.05, 0) is 37.3 Å². The molecule has 0 spiro atoms. The van der Waals surface area contributed by atoms with E-state index in [4.69, 9.17) is 21.1 Å². The lowest BCUT2D eigenvalue weighted by Crippen LogP contribution is -2.37. The minimum absolute atomic E-state index is 0.103. The molecule has 0 radical (unpaired) electrons. The number of hydrogen-bond donors (Lipinski definition) is 0. The molecule has 1 saturated heterocycles. The molecule has 1 aliphatic rings. The van der Waals surface area contributed by atoms with Crippen LogP contribution in [0, 0.1) is 6.92 Å². The number of halogens is 1. The zero-order chi connectivity index (χ0) is 20.6. The van der Waals surface area contributed by atoms with Crippen molar-refractivity contribution in [3.05, 3.63) is 53.2 Å². The largest absolute Gasteiger partial charge is 0.495 e. The first kappa shape index (κ1) is 19.9. The predicted molar refractivity (Wildman–Crippen MR) is 113 cm³/mol. The van der Waals surface area contributed by atoms with E-state index in [0.29, 0.717) is 37.7 Å². The van der Waals surface area contributed by atoms with E-state index >= 15 is 0 Å². The van der Waals surface area contributed by atoms with Crippen LogP contribution in [0.1, 0.15) is 5.56 Å². The standard InChI is InChI=1S/C21H21ClN2O4S/c1-14-3-5-18-16(11-14)21(24-7-9-28-10-8-24)20(13-23-18)29(25,26)15-4-6-19(27-2)17(22)12-15/h3-6,11-13H,7-10H2,1-2H3. The fourth-order valence-corrected chi connectivity index (χ4v) is 5.31. The first-order valence-electron chi connectivity index (χ1n) is 9.22. The lowest BCUT2D eigenvalue weighted by atomic mass is 10.1. The van der Waals surface area contributed by atoms with Crippen LogP contribution in [0.2, 0.25) is 5.02 Å². The van der Waals surface area contributed by atoms with Crippen molar-refractivity contribution in [2.45, 2.75) is 16.7 Å². The molecule has 0 saturated carbocycles. The van der Waals surface area contributed by atoms with Gasteiger partial charge in [-0.3, -0.25) is 4.98 Å². The van der Waals surface area contributed by atoms with E-state index in [0.717, 1.165) is 16.5 Å². The molecule has 0 unspecified atom stereocenters. The summed E-state index contributed by atoms with van der Waals surface area (Å²) >= 11 is 6.20. The lowest BCUT2D eigenvalue weighted by molar-refractivity contribution is 0.122. The van der Waals surface area contributed by atoms with Crippen LogP contribution in [0.15, 0.2) is 52.4 Å². The second-order valence-corrected chi connectivity index (χ2v) is 9.22. The number of benzene rings is 2. The van der Waals surface area contributed by atoms with Crippen molar-refractivity contribution in [2.24, 2.45) is 0 Å². The highest BCUT2D eigenvalue weighted by Crippen LogP contribution is 2.38. The van der Waals surface area contributed by atoms with Crippen molar-refractivity contribution in [3.8, 4) is 5.75 Å². The number of aryl methyl sites for hydroxylation is 1. The quantitative estimate of drug-likeness (QED) is 0.623. The molecule has 2 heterocycles. The smallest absolute Gasteiger partial charge is 0.210 e. The van der Waals surface area contributed by atoms with Crippen molar-refractivity contribution in [3.63, 3.8) is 0 Å². The van der Waals surface area contributed by atoms with Crippen LogP contribution < -0.4 is 9.64 Å². The number of methoxy groups -OCH3 is 1. The van der Waals surface area contributed by atoms with Gasteiger partial charge < -0.3 is 14.4 Å². The van der Waals surface area contributed by atoms with Gasteiger partial charge in [0.25, 0.3) is 0 Å². The van der Waals surface area contributed by atoms with Gasteiger partial charge in [0.1, 0.15) is 10.6 Å². The van der Waals surface area contributed by atoms with Gasteiger partial charge in [-0.15, -0.1) is 0 Å². The molecule has 1 fully saturated rings. The third-order valence-electron chi connectivity index (χ3n) is 5.01. The lowest BCUT2D eigenvalue weighted by Gasteiger charge is -2.31. The average molecular weight is 433 g/mol. The number of hydrogen-bond acceptors (Lipinski definition) is 6. The number of aromatic nitrogens is 1. The van der Waals surface area contributed by atoms with Gasteiger partial charge in [0.15, 0.2) is 0 Å². The van der Waals surface area contributed by atoms with Crippen molar-refractivity contribution < 1.29 is 17.9 Å². The van der Waals surface area contributed by atoms with Crippen LogP contribution in [0.3, 0.4) is 0 Å². The molecule has 0 amide bonds. The summed E-state index contributed by atoms with van der Waals surface area (Å²) in [5.74, 6) is 0.422. The van der Waals surface area contributed by atoms with E-state index < -0.39 is 9.84 Å². The Morgan fingerprint density at radius 2 is 1.90 bits per heavy atom. The second-order valence-electron chi connectivity index (χ2n) is 6.89. The Balaban J connectivity index is 1.95. The molecule has 0 bridgehead atoms. The molecule has 8 heteroatoms. The number of morpholine rings is 1. The van der Waals surface area contributed by atoms with Crippen LogP contribution in [-0.2, 0) is 14.6 Å². The van der Waals surface area contributed by atoms with Gasteiger partial charge in [-0.1, -0.05) is 23.2 Å². The number of pyridine rings is 1. The summed E-state index contributed by atoms with van der Waals surface area (Å²) in [6, 6.07) is 10.3. The van der Waals surface area contributed by atoms with Crippen LogP contribution in [-0.4, -0.2) is 46.8 Å². The Morgan fingerprint density at radius 1 is 1.14 bits per heavy atom. The summed E-state index contributed by atoms with van der Waals surface area (Å²) < 4.78 is 37.8. The first-order chi connectivity index (χ1) is 13.9. The van der Waals surface area contributed by atoms with Gasteiger partial charge in [0.2, 0.25) is 9.84 Å². The SMILES string of the molecule is COc1ccc(S(=O)(=O)c2cnc3ccc(C)cc3c2N2CCOCC2)cc1Cl. The molecule has 4 rings (SSSR count). The van der Waals surface area contributed by atoms with Crippen molar-refractivity contribution >= 4 is 38.0 Å². The molecule has 1 aromatic heterocycles. The maximum atomic E-state index is 13.6. The minimum Gasteiger partial charge on any atom is -0.495 e. The summed E-state index contributed by atoms with van der Waals surface area (Å²) in [5, 5.41) is 1.05. The third kappa shape index (κ3) is 3.66. The van der Waals surface area contributed by atoms with Crippen molar-refractivity contribution in [2.75, 3.05) is 38.3 Å². The molecule has 6 nitrogen and oxygen atoms in total. The van der Waals surface area contributed by atoms with Gasteiger partial charge >= 0.3 is 0 Å². The molecule has 0 atom stereocenters. The molecule has 2 aromatic carbocycles. The Bertz CT molecular complexity index is 1170. The van der Waals surface area contributed by atoms with Gasteiger partial charge in [-0.25, -0.2) is 8.42 Å². The summed E-state index contributed by atoms with van der Waals surface area (Å²) in [4.78, 5) is 6.76. The van der Waals surface area contributed by atoms with Crippen LogP contribution in [0.4, 0.5) is 5.69 Å². The first-order valence-corrected chi connectivity index (χ1v) is 11.1. The Kier molecular flexibility index (Phi) is 5.38. The number of ether oxygens (including phenoxy) is 2. The summed E-state index contributed by atoms with van der Waals surface area (Å²) in [6.45, 7) is 4.29. The Morgan fingerprint density at radius 3 is 2.59 bits per heavy atom. The number of fused-ring (bicyclic) bond motifs is 1. The number of sulfone groups is 1. The number of anilines is 1. The molecule has 0 aliphatic carbocycles. The zero-order valence-corrected chi connectivity index (χ0v) is 17.8. The Labute approximate surface area is 174 Å². The molecular weight excluding hydrogens is 412 g/mol. The molecule has 0 N–H and O–H groups in total. The normalized spacial score (nSPS) is 14.9. The summed E-state index contributed by atoms with van der Waals surface area (Å²) in [7, 11) is -2.37. The predicted octanol–water partition coefficient (Wildman–Crippen LogP) is 3.87. The van der Waals surface area contributed by atoms with Crippen molar-refractivity contribution in [1.82, 2.24) is 4.98 Å². The van der Waals surface area contributed by atoms with Gasteiger partial charge in [0.05, 0.1) is 41.4 Å². The summed E-state index contributed by atoms with van der Waals surface area (Å²) in [6.07, 6.45) is 1.44. The maximum Gasteiger partial charge on any atom is 0.210 e. The Hall–Kier alpha value is -2.35. The third-order valence-corrected chi connectivity index (χ3v) is 7.06. The number of nitrogens with zero attached hydrogens (tertiary/aromatic N) is 2. The van der Waals surface area contributed by atoms with Crippen LogP contribution >= 0.6 is 11.6 Å². The molecular formula is C21H21ClN2O4S. The van der Waals surface area contributed by atoms with E-state index in [1.807, 2.05) is 25.1 Å². The maximum absolute atomic E-state index is 13.6. The van der Waals surface area contributed by atoms with E-state index in [9.17, 15) is 8.42 Å². The monoisotopic (exact) mass is 432 g/mol. The zero-order valence-electron chi connectivity index (χ0n) is 16.2. The average Bonchev–Trinajstić information content (AvgIpc) is 2.73. The van der Waals surface area contributed by atoms with E-state index in [1.54, 1.807) is 6.07 Å². The highest BCUT2D eigenvalue weighted by molar-refractivity contribution is 7.91. The van der Waals surface area contributed by atoms with E-state index in [-0.39, 0.29) is 14.8 Å². The minimum atomic E-state index is -3.86. The van der Waals surface area contributed by atoms with Gasteiger partial charge in [-0.2, -0.15) is 0 Å². The fourth-order valence-electron chi connectivity index (χ4n) is 3.53. The molecule has 1 aliphatic heterocycles. The van der Waals surface area contributed by atoms with E-state index in [1.165, 1.54) is 25.4 Å². The van der Waals surface area contributed by atoms with Gasteiger partial charge in [0, 0.05) is 24.7 Å². The fraction of sp³-hybridized carbons (Fsp3) is 0.286. The molecule has 29 heavy (non-hydrogen) atoms. The van der Waals surface area contributed by atoms with Crippen LogP contribution in [0.5, 0.6) is 5.75 Å². The van der Waals surface area contributed by atoms with Crippen LogP contribution in [0.25, 0.3) is 10.9 Å². The van der Waals surface area contributed by atoms with E-state index in [2.05, 4.69) is 9.88 Å². The van der Waals surface area contributed by atoms with Crippen molar-refractivity contribution in [1.29, 1.82) is 0 Å². The molecule has 152 valence electrons. The highest BCUT2D eigenvalue weighted by Gasteiger charge is 2.28. The molecule has 3 aromatic rings. The summed E-state index contributed by atoms with van der Waals surface area (Å²) in [5.41, 5.74) is 2.45. The highest BCUT2D eigenvalue weighted by atomic mass is 35.5. The second kappa shape index (κ2) is 7.82. The topological polar surface area (TPSA) is 68.7 Å².